The minimum absolute atomic E-state index is 0.151. The quantitative estimate of drug-likeness (QED) is 0.590. The number of alkyl halides is 6. The van der Waals surface area contributed by atoms with Crippen LogP contribution in [-0.4, -0.2) is 36.2 Å². The molecule has 3 heterocycles. The van der Waals surface area contributed by atoms with Crippen molar-refractivity contribution < 1.29 is 36.0 Å². The van der Waals surface area contributed by atoms with Gasteiger partial charge in [-0.2, -0.15) is 31.0 Å². The van der Waals surface area contributed by atoms with Gasteiger partial charge in [0.1, 0.15) is 12.0 Å². The largest absolute Gasteiger partial charge is 0.493 e. The van der Waals surface area contributed by atoms with E-state index in [1.54, 1.807) is 13.8 Å². The number of carbonyl (C=O) groups excluding carboxylic acids is 1. The Kier molecular flexibility index (Phi) is 4.96. The zero-order valence-corrected chi connectivity index (χ0v) is 15.1. The summed E-state index contributed by atoms with van der Waals surface area (Å²) in [6.07, 6.45) is -7.16. The summed E-state index contributed by atoms with van der Waals surface area (Å²) < 4.78 is 77.3. The van der Waals surface area contributed by atoms with E-state index in [9.17, 15) is 35.9 Å². The maximum atomic E-state index is 12.8. The first-order chi connectivity index (χ1) is 13.8. The number of hydrogen-bond acceptors (Lipinski definition) is 5. The number of carbonyl (C=O) groups is 1. The van der Waals surface area contributed by atoms with E-state index in [0.29, 0.717) is 39.1 Å². The van der Waals surface area contributed by atoms with Crippen molar-refractivity contribution >= 4 is 5.97 Å². The van der Waals surface area contributed by atoms with Crippen molar-refractivity contribution in [2.45, 2.75) is 26.2 Å². The minimum Gasteiger partial charge on any atom is -0.311 e. The van der Waals surface area contributed by atoms with Gasteiger partial charge < -0.3 is 4.84 Å². The predicted molar refractivity (Wildman–Crippen MR) is 87.1 cm³/mol. The molecule has 0 amide bonds. The second-order valence-electron chi connectivity index (χ2n) is 6.10. The number of imidazole rings is 1. The molecule has 0 saturated heterocycles. The van der Waals surface area contributed by atoms with Gasteiger partial charge in [0.2, 0.25) is 0 Å². The van der Waals surface area contributed by atoms with Gasteiger partial charge in [-0.25, -0.2) is 14.8 Å². The lowest BCUT2D eigenvalue weighted by Gasteiger charge is -2.12. The van der Waals surface area contributed by atoms with Crippen molar-refractivity contribution in [1.82, 2.24) is 24.1 Å². The molecule has 0 aliphatic heterocycles. The molecule has 30 heavy (non-hydrogen) atoms. The second-order valence-corrected chi connectivity index (χ2v) is 6.10. The zero-order chi connectivity index (χ0) is 22.4. The van der Waals surface area contributed by atoms with Crippen LogP contribution in [0, 0.1) is 13.8 Å². The molecular weight excluding hydrogens is 424 g/mol. The maximum Gasteiger partial charge on any atom is 0.493 e. The van der Waals surface area contributed by atoms with Crippen LogP contribution in [0.2, 0.25) is 0 Å². The Morgan fingerprint density at radius 2 is 1.70 bits per heavy atom. The lowest BCUT2D eigenvalue weighted by Crippen LogP contribution is -2.37. The van der Waals surface area contributed by atoms with E-state index in [1.807, 2.05) is 0 Å². The van der Waals surface area contributed by atoms with Crippen molar-refractivity contribution in [3.05, 3.63) is 58.2 Å². The van der Waals surface area contributed by atoms with Crippen LogP contribution in [0.3, 0.4) is 0 Å². The van der Waals surface area contributed by atoms with E-state index < -0.39 is 35.3 Å². The molecule has 0 radical (unpaired) electrons. The fourth-order valence-electron chi connectivity index (χ4n) is 2.33. The normalized spacial score (nSPS) is 12.3. The Bertz CT molecular complexity index is 1170. The summed E-state index contributed by atoms with van der Waals surface area (Å²) in [5.74, 6) is -2.87. The van der Waals surface area contributed by atoms with E-state index in [0.717, 1.165) is 0 Å². The van der Waals surface area contributed by atoms with Gasteiger partial charge in [-0.1, -0.05) is 0 Å². The monoisotopic (exact) mass is 435 g/mol. The van der Waals surface area contributed by atoms with E-state index in [2.05, 4.69) is 14.8 Å². The smallest absolute Gasteiger partial charge is 0.311 e. The molecule has 0 aliphatic rings. The third kappa shape index (κ3) is 3.92. The van der Waals surface area contributed by atoms with Crippen molar-refractivity contribution in [2.24, 2.45) is 0 Å². The molecule has 0 spiro atoms. The molecule has 0 unspecified atom stereocenters. The highest BCUT2D eigenvalue weighted by Crippen LogP contribution is 2.28. The number of hydrogen-bond donors (Lipinski definition) is 0. The van der Waals surface area contributed by atoms with Crippen LogP contribution < -0.4 is 10.4 Å². The average molecular weight is 435 g/mol. The highest BCUT2D eigenvalue weighted by molar-refractivity contribution is 5.75. The summed E-state index contributed by atoms with van der Waals surface area (Å²) in [5.41, 5.74) is -1.70. The standard InChI is InChI=1S/C16H11F6N5O3/c1-8-3-12(23-4-9(8)2)27-13(28)10(5-26(27)30-14(29)16(20,21)22)25-6-11(24-7-25)15(17,18)19/h3-7H,1-2H3. The molecule has 0 aromatic carbocycles. The van der Waals surface area contributed by atoms with Gasteiger partial charge in [0.05, 0.1) is 6.20 Å². The first-order valence-electron chi connectivity index (χ1n) is 7.98. The first-order valence-corrected chi connectivity index (χ1v) is 7.98. The number of halogens is 6. The molecule has 14 heteroatoms. The molecule has 8 nitrogen and oxygen atoms in total. The van der Waals surface area contributed by atoms with E-state index in [4.69, 9.17) is 0 Å². The number of pyridine rings is 1. The third-order valence-electron chi connectivity index (χ3n) is 3.98. The van der Waals surface area contributed by atoms with Crippen molar-refractivity contribution in [3.63, 3.8) is 0 Å². The van der Waals surface area contributed by atoms with Gasteiger partial charge in [-0.3, -0.25) is 9.36 Å². The van der Waals surface area contributed by atoms with Gasteiger partial charge in [0, 0.05) is 12.4 Å². The Hall–Kier alpha value is -3.58. The number of rotatable bonds is 3. The summed E-state index contributed by atoms with van der Waals surface area (Å²) in [6.45, 7) is 3.32. The molecule has 3 rings (SSSR count). The molecule has 0 bridgehead atoms. The van der Waals surface area contributed by atoms with Crippen LogP contribution in [0.5, 0.6) is 0 Å². The SMILES string of the molecule is Cc1cnc(-n2c(=O)c(-n3cnc(C(F)(F)F)c3)cn2OC(=O)C(F)(F)F)cc1C. The highest BCUT2D eigenvalue weighted by atomic mass is 19.4. The topological polar surface area (TPSA) is 83.9 Å². The van der Waals surface area contributed by atoms with Crippen LogP contribution in [0.4, 0.5) is 26.3 Å². The molecule has 0 atom stereocenters. The van der Waals surface area contributed by atoms with Crippen LogP contribution >= 0.6 is 0 Å². The van der Waals surface area contributed by atoms with Crippen molar-refractivity contribution in [2.75, 3.05) is 0 Å². The predicted octanol–water partition coefficient (Wildman–Crippen LogP) is 2.37. The summed E-state index contributed by atoms with van der Waals surface area (Å²) in [4.78, 5) is 35.4. The fraction of sp³-hybridized carbons (Fsp3) is 0.250. The molecular formula is C16H11F6N5O3. The van der Waals surface area contributed by atoms with Gasteiger partial charge >= 0.3 is 18.3 Å². The Labute approximate surface area is 162 Å². The van der Waals surface area contributed by atoms with Gasteiger partial charge in [0.25, 0.3) is 5.56 Å². The second kappa shape index (κ2) is 7.03. The average Bonchev–Trinajstić information content (AvgIpc) is 3.22. The molecule has 0 saturated carbocycles. The number of aryl methyl sites for hydroxylation is 2. The lowest BCUT2D eigenvalue weighted by atomic mass is 10.2. The molecule has 3 aromatic heterocycles. The van der Waals surface area contributed by atoms with Crippen molar-refractivity contribution in [1.29, 1.82) is 0 Å². The molecule has 3 aromatic rings. The minimum atomic E-state index is -5.39. The summed E-state index contributed by atoms with van der Waals surface area (Å²) in [6, 6.07) is 1.33. The summed E-state index contributed by atoms with van der Waals surface area (Å²) in [7, 11) is 0. The van der Waals surface area contributed by atoms with Crippen LogP contribution in [-0.2, 0) is 11.0 Å². The van der Waals surface area contributed by atoms with Crippen molar-refractivity contribution in [3.8, 4) is 11.5 Å². The number of nitrogens with zero attached hydrogens (tertiary/aromatic N) is 5. The maximum absolute atomic E-state index is 12.8. The van der Waals surface area contributed by atoms with Gasteiger partial charge in [-0.15, -0.1) is 4.85 Å². The van der Waals surface area contributed by atoms with E-state index >= 15 is 0 Å². The Morgan fingerprint density at radius 3 is 2.23 bits per heavy atom. The van der Waals surface area contributed by atoms with Crippen LogP contribution in [0.1, 0.15) is 16.8 Å². The summed E-state index contributed by atoms with van der Waals surface area (Å²) in [5, 5.41) is 0. The third-order valence-corrected chi connectivity index (χ3v) is 3.98. The summed E-state index contributed by atoms with van der Waals surface area (Å²) >= 11 is 0. The van der Waals surface area contributed by atoms with Gasteiger partial charge in [-0.05, 0) is 31.0 Å². The van der Waals surface area contributed by atoms with E-state index in [-0.39, 0.29) is 10.7 Å². The molecule has 0 aliphatic carbocycles. The van der Waals surface area contributed by atoms with Crippen LogP contribution in [0.25, 0.3) is 11.5 Å². The van der Waals surface area contributed by atoms with Gasteiger partial charge in [0.15, 0.2) is 11.5 Å². The Morgan fingerprint density at radius 1 is 1.03 bits per heavy atom. The molecule has 0 N–H and O–H groups in total. The molecule has 0 fully saturated rings. The number of aromatic nitrogens is 5. The van der Waals surface area contributed by atoms with Crippen LogP contribution in [0.15, 0.2) is 35.8 Å². The fourth-order valence-corrected chi connectivity index (χ4v) is 2.33. The first kappa shape index (κ1) is 21.1. The highest BCUT2D eigenvalue weighted by Gasteiger charge is 2.42. The molecule has 160 valence electrons. The zero-order valence-electron chi connectivity index (χ0n) is 15.1. The Balaban J connectivity index is 2.18. The lowest BCUT2D eigenvalue weighted by molar-refractivity contribution is -0.202. The van der Waals surface area contributed by atoms with E-state index in [1.165, 1.54) is 12.3 Å².